The van der Waals surface area contributed by atoms with E-state index in [1.807, 2.05) is 12.1 Å². The van der Waals surface area contributed by atoms with Gasteiger partial charge >= 0.3 is 0 Å². The standard InChI is InChI=1S/C14H9ClFN3O/c15-10-7-12(16)14(17-8-10)20-11-3-1-2-9(6-11)13-4-5-18-19-13/h1-8H,(H,18,19). The van der Waals surface area contributed by atoms with Crippen LogP contribution in [0.25, 0.3) is 11.3 Å². The average molecular weight is 290 g/mol. The molecule has 0 aliphatic carbocycles. The third kappa shape index (κ3) is 2.62. The van der Waals surface area contributed by atoms with Crippen LogP contribution in [0.1, 0.15) is 0 Å². The first-order valence-electron chi connectivity index (χ1n) is 5.81. The lowest BCUT2D eigenvalue weighted by molar-refractivity contribution is 0.423. The summed E-state index contributed by atoms with van der Waals surface area (Å²) in [5, 5.41) is 7.03. The maximum Gasteiger partial charge on any atom is 0.255 e. The van der Waals surface area contributed by atoms with Crippen LogP contribution < -0.4 is 4.74 Å². The van der Waals surface area contributed by atoms with Gasteiger partial charge in [0.1, 0.15) is 5.75 Å². The van der Waals surface area contributed by atoms with Crippen LogP contribution in [0.4, 0.5) is 4.39 Å². The Labute approximate surface area is 119 Å². The molecule has 0 amide bonds. The Morgan fingerprint density at radius 3 is 2.85 bits per heavy atom. The van der Waals surface area contributed by atoms with Crippen LogP contribution >= 0.6 is 11.6 Å². The van der Waals surface area contributed by atoms with E-state index < -0.39 is 5.82 Å². The van der Waals surface area contributed by atoms with Crippen LogP contribution in [0, 0.1) is 5.82 Å². The summed E-state index contributed by atoms with van der Waals surface area (Å²) in [6, 6.07) is 10.1. The van der Waals surface area contributed by atoms with Crippen LogP contribution in [0.5, 0.6) is 11.6 Å². The highest BCUT2D eigenvalue weighted by Gasteiger charge is 2.08. The van der Waals surface area contributed by atoms with Gasteiger partial charge in [-0.05, 0) is 24.3 Å². The lowest BCUT2D eigenvalue weighted by Gasteiger charge is -2.06. The number of hydrogen-bond acceptors (Lipinski definition) is 3. The van der Waals surface area contributed by atoms with Crippen LogP contribution in [-0.4, -0.2) is 15.2 Å². The van der Waals surface area contributed by atoms with E-state index in [1.165, 1.54) is 6.20 Å². The van der Waals surface area contributed by atoms with Crippen molar-refractivity contribution in [3.8, 4) is 22.9 Å². The van der Waals surface area contributed by atoms with Gasteiger partial charge in [0.2, 0.25) is 0 Å². The van der Waals surface area contributed by atoms with E-state index in [0.29, 0.717) is 5.75 Å². The van der Waals surface area contributed by atoms with Gasteiger partial charge in [0.05, 0.1) is 10.7 Å². The SMILES string of the molecule is Fc1cc(Cl)cnc1Oc1cccc(-c2cc[nH]n2)c1. The molecule has 20 heavy (non-hydrogen) atoms. The summed E-state index contributed by atoms with van der Waals surface area (Å²) in [4.78, 5) is 3.81. The van der Waals surface area contributed by atoms with Gasteiger partial charge in [0, 0.05) is 18.0 Å². The predicted molar refractivity (Wildman–Crippen MR) is 73.3 cm³/mol. The fourth-order valence-electron chi connectivity index (χ4n) is 1.73. The summed E-state index contributed by atoms with van der Waals surface area (Å²) in [5.41, 5.74) is 1.64. The molecule has 2 heterocycles. The second-order valence-corrected chi connectivity index (χ2v) is 4.47. The van der Waals surface area contributed by atoms with Gasteiger partial charge in [-0.3, -0.25) is 5.10 Å². The number of benzene rings is 1. The van der Waals surface area contributed by atoms with E-state index in [1.54, 1.807) is 24.4 Å². The number of halogens is 2. The molecule has 0 atom stereocenters. The van der Waals surface area contributed by atoms with Crippen molar-refractivity contribution in [3.05, 3.63) is 59.6 Å². The summed E-state index contributed by atoms with van der Waals surface area (Å²) in [7, 11) is 0. The highest BCUT2D eigenvalue weighted by atomic mass is 35.5. The van der Waals surface area contributed by atoms with E-state index in [2.05, 4.69) is 15.2 Å². The van der Waals surface area contributed by atoms with Crippen molar-refractivity contribution in [1.82, 2.24) is 15.2 Å². The number of rotatable bonds is 3. The molecule has 0 bridgehead atoms. The second kappa shape index (κ2) is 5.30. The lowest BCUT2D eigenvalue weighted by atomic mass is 10.1. The summed E-state index contributed by atoms with van der Waals surface area (Å²) in [6.07, 6.45) is 3.06. The average Bonchev–Trinajstić information content (AvgIpc) is 2.96. The van der Waals surface area contributed by atoms with Crippen molar-refractivity contribution < 1.29 is 9.13 Å². The highest BCUT2D eigenvalue weighted by molar-refractivity contribution is 6.30. The summed E-state index contributed by atoms with van der Waals surface area (Å²) < 4.78 is 19.0. The molecule has 3 aromatic rings. The maximum atomic E-state index is 13.6. The third-order valence-electron chi connectivity index (χ3n) is 2.62. The predicted octanol–water partition coefficient (Wildman–Crippen LogP) is 4.06. The Bertz CT molecular complexity index is 731. The smallest absolute Gasteiger partial charge is 0.255 e. The lowest BCUT2D eigenvalue weighted by Crippen LogP contribution is -1.92. The zero-order valence-corrected chi connectivity index (χ0v) is 10.9. The van der Waals surface area contributed by atoms with Crippen molar-refractivity contribution in [1.29, 1.82) is 0 Å². The van der Waals surface area contributed by atoms with Crippen LogP contribution in [0.2, 0.25) is 5.02 Å². The maximum absolute atomic E-state index is 13.6. The molecule has 1 N–H and O–H groups in total. The second-order valence-electron chi connectivity index (χ2n) is 4.03. The van der Waals surface area contributed by atoms with E-state index >= 15 is 0 Å². The van der Waals surface area contributed by atoms with Gasteiger partial charge in [0.25, 0.3) is 5.88 Å². The molecule has 100 valence electrons. The van der Waals surface area contributed by atoms with Gasteiger partial charge in [-0.2, -0.15) is 5.10 Å². The number of ether oxygens (including phenoxy) is 1. The molecule has 0 aliphatic rings. The fraction of sp³-hybridized carbons (Fsp3) is 0. The van der Waals surface area contributed by atoms with Crippen LogP contribution in [-0.2, 0) is 0 Å². The van der Waals surface area contributed by atoms with Gasteiger partial charge in [0.15, 0.2) is 5.82 Å². The zero-order chi connectivity index (χ0) is 13.9. The fourth-order valence-corrected chi connectivity index (χ4v) is 1.87. The van der Waals surface area contributed by atoms with Crippen LogP contribution in [0.3, 0.4) is 0 Å². The molecule has 3 rings (SSSR count). The highest BCUT2D eigenvalue weighted by Crippen LogP contribution is 2.27. The number of nitrogens with zero attached hydrogens (tertiary/aromatic N) is 2. The number of nitrogens with one attached hydrogen (secondary N) is 1. The molecule has 4 nitrogen and oxygen atoms in total. The van der Waals surface area contributed by atoms with E-state index in [4.69, 9.17) is 16.3 Å². The van der Waals surface area contributed by atoms with Crippen LogP contribution in [0.15, 0.2) is 48.8 Å². The summed E-state index contributed by atoms with van der Waals surface area (Å²) >= 11 is 5.64. The number of H-pyrrole nitrogens is 1. The molecule has 2 aromatic heterocycles. The first-order valence-corrected chi connectivity index (χ1v) is 6.19. The molecule has 0 saturated heterocycles. The third-order valence-corrected chi connectivity index (χ3v) is 2.83. The monoisotopic (exact) mass is 289 g/mol. The van der Waals surface area contributed by atoms with E-state index in [-0.39, 0.29) is 10.9 Å². The molecule has 1 aromatic carbocycles. The number of aromatic amines is 1. The van der Waals surface area contributed by atoms with Gasteiger partial charge < -0.3 is 4.74 Å². The van der Waals surface area contributed by atoms with Crippen molar-refractivity contribution in [2.45, 2.75) is 0 Å². The summed E-state index contributed by atoms with van der Waals surface area (Å²) in [5.74, 6) is -0.254. The molecule has 6 heteroatoms. The molecule has 0 spiro atoms. The van der Waals surface area contributed by atoms with Crippen molar-refractivity contribution in [2.24, 2.45) is 0 Å². The van der Waals surface area contributed by atoms with Gasteiger partial charge in [-0.1, -0.05) is 23.7 Å². The first kappa shape index (κ1) is 12.6. The Morgan fingerprint density at radius 1 is 1.20 bits per heavy atom. The quantitative estimate of drug-likeness (QED) is 0.791. The Hall–Kier alpha value is -2.40. The molecule has 0 saturated carbocycles. The first-order chi connectivity index (χ1) is 9.72. The number of hydrogen-bond donors (Lipinski definition) is 1. The van der Waals surface area contributed by atoms with E-state index in [9.17, 15) is 4.39 Å². The minimum Gasteiger partial charge on any atom is -0.436 e. The number of pyridine rings is 1. The summed E-state index contributed by atoms with van der Waals surface area (Å²) in [6.45, 7) is 0. The molecule has 0 aliphatic heterocycles. The van der Waals surface area contributed by atoms with Crippen molar-refractivity contribution >= 4 is 11.6 Å². The van der Waals surface area contributed by atoms with Crippen molar-refractivity contribution in [3.63, 3.8) is 0 Å². The molecular weight excluding hydrogens is 281 g/mol. The Morgan fingerprint density at radius 2 is 2.10 bits per heavy atom. The minimum absolute atomic E-state index is 0.117. The minimum atomic E-state index is -0.609. The Kier molecular flexibility index (Phi) is 3.35. The molecular formula is C14H9ClFN3O. The largest absolute Gasteiger partial charge is 0.436 e. The molecule has 0 fully saturated rings. The Balaban J connectivity index is 1.89. The number of aromatic nitrogens is 3. The van der Waals surface area contributed by atoms with Gasteiger partial charge in [-0.15, -0.1) is 0 Å². The zero-order valence-electron chi connectivity index (χ0n) is 10.2. The van der Waals surface area contributed by atoms with E-state index in [0.717, 1.165) is 17.3 Å². The molecule has 0 radical (unpaired) electrons. The van der Waals surface area contributed by atoms with Gasteiger partial charge in [-0.25, -0.2) is 9.37 Å². The molecule has 0 unspecified atom stereocenters. The normalized spacial score (nSPS) is 10.5. The van der Waals surface area contributed by atoms with Crippen molar-refractivity contribution in [2.75, 3.05) is 0 Å². The topological polar surface area (TPSA) is 50.8 Å².